The van der Waals surface area contributed by atoms with Gasteiger partial charge in [-0.15, -0.1) is 0 Å². The monoisotopic (exact) mass is 1440 g/mol. The zero-order valence-corrected chi connectivity index (χ0v) is 57.3. The van der Waals surface area contributed by atoms with Crippen LogP contribution in [0, 0.1) is 10.8 Å². The summed E-state index contributed by atoms with van der Waals surface area (Å²) in [6, 6.07) is -12.5. The van der Waals surface area contributed by atoms with E-state index >= 15 is 0 Å². The van der Waals surface area contributed by atoms with E-state index in [1.807, 2.05) is 0 Å². The first-order chi connectivity index (χ1) is 48.0. The van der Waals surface area contributed by atoms with Crippen molar-refractivity contribution in [1.82, 2.24) is 72.8 Å². The third-order valence-corrected chi connectivity index (χ3v) is 17.3. The quantitative estimate of drug-likeness (QED) is 0.0117. The summed E-state index contributed by atoms with van der Waals surface area (Å²) < 4.78 is 10.2. The van der Waals surface area contributed by atoms with E-state index in [0.717, 1.165) is 0 Å². The van der Waals surface area contributed by atoms with Gasteiger partial charge in [0.15, 0.2) is 11.9 Å². The second-order valence-corrected chi connectivity index (χ2v) is 25.2. The van der Waals surface area contributed by atoms with Crippen molar-refractivity contribution in [2.24, 2.45) is 22.9 Å². The summed E-state index contributed by atoms with van der Waals surface area (Å²) in [5, 5.41) is 79.9. The molecule has 4 rings (SSSR count). The van der Waals surface area contributed by atoms with Gasteiger partial charge in [0, 0.05) is 39.3 Å². The number of likely N-dealkylation sites (tertiary alicyclic amines) is 4. The fraction of sp³-hybridized carbons (Fsp3) is 0.738. The Kier molecular flexibility index (Phi) is 36.3. The molecule has 0 aromatic carbocycles. The summed E-state index contributed by atoms with van der Waals surface area (Å²) in [6.45, 7) is 0.320. The van der Waals surface area contributed by atoms with Gasteiger partial charge in [0.05, 0.1) is 25.3 Å². The number of hydrogen-bond acceptors (Lipinski definition) is 22. The minimum atomic E-state index is -1.65. The topological polar surface area (TPSA) is 623 Å². The average molecular weight is 1440 g/mol. The van der Waals surface area contributed by atoms with Crippen LogP contribution in [0.25, 0.3) is 0 Å². The van der Waals surface area contributed by atoms with Crippen molar-refractivity contribution in [2.75, 3.05) is 85.5 Å². The lowest BCUT2D eigenvalue weighted by molar-refractivity contribution is -0.149. The highest BCUT2D eigenvalue weighted by atomic mass is 16.7. The lowest BCUT2D eigenvalue weighted by atomic mass is 10.0. The van der Waals surface area contributed by atoms with Crippen LogP contribution in [0.1, 0.15) is 129 Å². The number of unbranched alkanes of at least 4 members (excludes halogenated alkanes) is 2. The smallest absolute Gasteiger partial charge is 0.326 e. The molecule has 0 aliphatic carbocycles. The van der Waals surface area contributed by atoms with Crippen molar-refractivity contribution in [1.29, 1.82) is 10.8 Å². The van der Waals surface area contributed by atoms with Crippen LogP contribution in [0.3, 0.4) is 0 Å². The molecule has 40 nitrogen and oxygen atoms in total. The highest BCUT2D eigenvalue weighted by Gasteiger charge is 2.47. The van der Waals surface area contributed by atoms with E-state index in [1.165, 1.54) is 33.4 Å². The second-order valence-electron chi connectivity index (χ2n) is 25.2. The van der Waals surface area contributed by atoms with Gasteiger partial charge >= 0.3 is 11.9 Å². The number of rotatable bonds is 44. The van der Waals surface area contributed by atoms with Gasteiger partial charge in [0.1, 0.15) is 80.4 Å². The molecule has 4 fully saturated rings. The molecular weight excluding hydrogens is 1330 g/mol. The summed E-state index contributed by atoms with van der Waals surface area (Å²) in [4.78, 5) is 192. The van der Waals surface area contributed by atoms with Crippen molar-refractivity contribution in [2.45, 2.75) is 202 Å². The molecule has 101 heavy (non-hydrogen) atoms. The number of nitrogens with two attached hydrogens (primary N) is 4. The predicted molar refractivity (Wildman–Crippen MR) is 356 cm³/mol. The van der Waals surface area contributed by atoms with Crippen LogP contribution in [0.15, 0.2) is 0 Å². The third-order valence-electron chi connectivity index (χ3n) is 17.3. The number of guanidine groups is 2. The number of ether oxygens (including phenoxy) is 2. The molecule has 0 aromatic heterocycles. The molecule has 0 aromatic rings. The Bertz CT molecular complexity index is 2710. The standard InChI is InChI=1S/C61H104N20O20/c1-34(82)48(52(90)72-36(13-3-5-21-62)54(92)80-27-11-19-42(80)56(94)78-25-9-17-40(78)50(88)74-38(58(96)97)15-7-23-68-60(64)65)76-44(84)29-70-46(86)31-100-33-101-32-47(87)71-30-45(85)77-49(35(2)83)53(91)73-37(14-4-6-22-63)55(93)81-28-12-20-43(81)57(95)79-26-10-18-41(79)51(89)75-39(59(98)99)16-8-24-69-61(66)67/h34-43,48-49,82-83H,3-33,62-63H2,1-2H3,(H,70,86)(H,71,87)(H,72,90)(H,73,91)(H,74,88)(H,75,89)(H,76,84)(H,77,85)(H,96,97)(H,98,99)(H4,64,65,68)(H4,66,67,69)/t34?,35?,36-,37-,38+,39+,40-,41-,42-,43-,48?,49?/m0/s1. The first-order valence-corrected chi connectivity index (χ1v) is 34.1. The van der Waals surface area contributed by atoms with Gasteiger partial charge in [-0.1, -0.05) is 0 Å². The van der Waals surface area contributed by atoms with Crippen molar-refractivity contribution in [3.05, 3.63) is 0 Å². The Hall–Kier alpha value is -9.12. The van der Waals surface area contributed by atoms with Gasteiger partial charge in [-0.2, -0.15) is 0 Å². The van der Waals surface area contributed by atoms with E-state index in [9.17, 15) is 87.5 Å². The van der Waals surface area contributed by atoms with Gasteiger partial charge in [-0.05, 0) is 143 Å². The molecule has 4 saturated heterocycles. The number of nitrogens with zero attached hydrogens (tertiary/aromatic N) is 4. The van der Waals surface area contributed by atoms with Crippen molar-refractivity contribution in [3.63, 3.8) is 0 Å². The predicted octanol–water partition coefficient (Wildman–Crippen LogP) is -8.20. The van der Waals surface area contributed by atoms with Crippen molar-refractivity contribution >= 4 is 94.7 Å². The maximum Gasteiger partial charge on any atom is 0.326 e. The lowest BCUT2D eigenvalue weighted by Gasteiger charge is -2.33. The molecule has 12 amide bonds. The van der Waals surface area contributed by atoms with Crippen LogP contribution in [-0.2, 0) is 76.6 Å². The Balaban J connectivity index is 1.22. The second kappa shape index (κ2) is 43.5. The lowest BCUT2D eigenvalue weighted by Crippen LogP contribution is -2.60. The summed E-state index contributed by atoms with van der Waals surface area (Å²) in [5.41, 5.74) is 22.0. The molecule has 4 aliphatic heterocycles. The molecule has 0 spiro atoms. The number of carboxylic acids is 2. The number of nitrogens with one attached hydrogen (secondary N) is 12. The Morgan fingerprint density at radius 1 is 0.446 bits per heavy atom. The zero-order valence-electron chi connectivity index (χ0n) is 57.3. The number of amides is 12. The van der Waals surface area contributed by atoms with Gasteiger partial charge < -0.3 is 126 Å². The van der Waals surface area contributed by atoms with Crippen molar-refractivity contribution < 1.29 is 97.0 Å². The molecule has 4 aliphatic rings. The average Bonchev–Trinajstić information content (AvgIpc) is 1.68. The first-order valence-electron chi connectivity index (χ1n) is 34.1. The minimum Gasteiger partial charge on any atom is -0.480 e. The molecule has 4 unspecified atom stereocenters. The minimum absolute atomic E-state index is 0.00966. The number of aliphatic hydroxyl groups excluding tert-OH is 2. The highest BCUT2D eigenvalue weighted by molar-refractivity contribution is 5.99. The maximum atomic E-state index is 14.3. The maximum absolute atomic E-state index is 14.3. The van der Waals surface area contributed by atoms with E-state index in [2.05, 4.69) is 53.2 Å². The summed E-state index contributed by atoms with van der Waals surface area (Å²) in [6.07, 6.45) is 1.70. The number of carboxylic acid groups (broad SMARTS) is 2. The van der Waals surface area contributed by atoms with Crippen molar-refractivity contribution in [3.8, 4) is 0 Å². The normalized spacial score (nSPS) is 19.5. The fourth-order valence-corrected chi connectivity index (χ4v) is 12.1. The number of carbonyl (C=O) groups is 14. The fourth-order valence-electron chi connectivity index (χ4n) is 12.1. The Labute approximate surface area is 584 Å². The van der Waals surface area contributed by atoms with E-state index < -0.39 is 189 Å². The molecule has 0 saturated carbocycles. The molecule has 12 atom stereocenters. The molecule has 568 valence electrons. The molecule has 24 N–H and O–H groups in total. The largest absolute Gasteiger partial charge is 0.480 e. The van der Waals surface area contributed by atoms with E-state index in [0.29, 0.717) is 51.4 Å². The van der Waals surface area contributed by atoms with Crippen LogP contribution in [-0.4, -0.2) is 293 Å². The Morgan fingerprint density at radius 3 is 1.11 bits per heavy atom. The van der Waals surface area contributed by atoms with Crippen LogP contribution in [0.2, 0.25) is 0 Å². The number of aliphatic carboxylic acids is 2. The van der Waals surface area contributed by atoms with Crippen LogP contribution >= 0.6 is 0 Å². The SMILES string of the molecule is CC(O)C(NC(=O)CNC(=O)COCOCC(=O)NCC(=O)NC(C(=O)N[C@@H](CCCCN)C(=O)N1CCC[C@H]1C(=O)N1CCC[C@H]1C(=O)N[C@H](CCCNC(=N)N)C(=O)O)C(C)O)C(=O)N[C@@H](CCCCN)C(=O)N1CCC[C@H]1C(=O)N1CCC[C@H]1C(=O)N[C@H](CCCNC(=N)N)C(=O)O. The van der Waals surface area contributed by atoms with E-state index in [1.54, 1.807) is 0 Å². The van der Waals surface area contributed by atoms with Gasteiger partial charge in [0.2, 0.25) is 70.9 Å². The molecule has 4 heterocycles. The van der Waals surface area contributed by atoms with E-state index in [-0.39, 0.29) is 128 Å². The van der Waals surface area contributed by atoms with Gasteiger partial charge in [-0.3, -0.25) is 68.4 Å². The highest BCUT2D eigenvalue weighted by Crippen LogP contribution is 2.29. The van der Waals surface area contributed by atoms with Crippen LogP contribution in [0.5, 0.6) is 0 Å². The van der Waals surface area contributed by atoms with Gasteiger partial charge in [0.25, 0.3) is 0 Å². The Morgan fingerprint density at radius 2 is 0.782 bits per heavy atom. The van der Waals surface area contributed by atoms with Crippen LogP contribution < -0.4 is 76.1 Å². The number of carbonyl (C=O) groups excluding carboxylic acids is 12. The summed E-state index contributed by atoms with van der Waals surface area (Å²) >= 11 is 0. The third kappa shape index (κ3) is 27.7. The summed E-state index contributed by atoms with van der Waals surface area (Å²) in [5.74, 6) is -12.5. The number of aliphatic hydroxyl groups is 2. The summed E-state index contributed by atoms with van der Waals surface area (Å²) in [7, 11) is 0. The molecule has 0 radical (unpaired) electrons. The zero-order chi connectivity index (χ0) is 74.9. The van der Waals surface area contributed by atoms with Crippen LogP contribution in [0.4, 0.5) is 0 Å². The number of hydrogen-bond donors (Lipinski definition) is 20. The van der Waals surface area contributed by atoms with Gasteiger partial charge in [-0.25, -0.2) is 9.59 Å². The molecule has 40 heteroatoms. The first kappa shape index (κ1) is 84.3. The van der Waals surface area contributed by atoms with E-state index in [4.69, 9.17) is 43.2 Å². The molecule has 0 bridgehead atoms. The molecular formula is C61H104N20O20.